The normalized spacial score (nSPS) is 10.5. The van der Waals surface area contributed by atoms with Gasteiger partial charge in [0.15, 0.2) is 0 Å². The molecule has 0 unspecified atom stereocenters. The Morgan fingerprint density at radius 1 is 1.21 bits per heavy atom. The van der Waals surface area contributed by atoms with Crippen molar-refractivity contribution in [3.05, 3.63) is 64.4 Å². The van der Waals surface area contributed by atoms with E-state index in [0.29, 0.717) is 5.69 Å². The molecule has 6 heteroatoms. The second kappa shape index (κ2) is 5.63. The summed E-state index contributed by atoms with van der Waals surface area (Å²) in [5.74, 6) is -0.455. The fourth-order valence-corrected chi connectivity index (χ4v) is 1.39. The highest BCUT2D eigenvalue weighted by Crippen LogP contribution is 2.16. The zero-order valence-corrected chi connectivity index (χ0v) is 9.78. The molecule has 1 aromatic heterocycles. The van der Waals surface area contributed by atoms with Crippen LogP contribution in [0.5, 0.6) is 0 Å². The molecule has 2 aromatic rings. The van der Waals surface area contributed by atoms with Gasteiger partial charge < -0.3 is 9.73 Å². The molecule has 0 atom stereocenters. The van der Waals surface area contributed by atoms with Gasteiger partial charge in [0.25, 0.3) is 0 Å². The first kappa shape index (κ1) is 12.6. The topological polar surface area (TPSA) is 85.4 Å². The van der Waals surface area contributed by atoms with Gasteiger partial charge in [0.2, 0.25) is 5.91 Å². The maximum absolute atomic E-state index is 11.6. The average Bonchev–Trinajstić information content (AvgIpc) is 2.86. The summed E-state index contributed by atoms with van der Waals surface area (Å²) in [7, 11) is 0. The first-order valence-corrected chi connectivity index (χ1v) is 5.43. The molecule has 0 bridgehead atoms. The maximum atomic E-state index is 11.6. The molecule has 96 valence electrons. The van der Waals surface area contributed by atoms with Crippen LogP contribution in [0, 0.1) is 10.1 Å². The van der Waals surface area contributed by atoms with Crippen LogP contribution in [-0.4, -0.2) is 10.8 Å². The Balaban J connectivity index is 1.98. The van der Waals surface area contributed by atoms with E-state index in [-0.39, 0.29) is 17.6 Å². The molecule has 0 radical (unpaired) electrons. The van der Waals surface area contributed by atoms with Crippen molar-refractivity contribution in [1.29, 1.82) is 0 Å². The molecule has 6 nitrogen and oxygen atoms in total. The van der Waals surface area contributed by atoms with E-state index < -0.39 is 4.92 Å². The summed E-state index contributed by atoms with van der Waals surface area (Å²) < 4.78 is 4.88. The number of para-hydroxylation sites is 1. The lowest BCUT2D eigenvalue weighted by Gasteiger charge is -1.99. The van der Waals surface area contributed by atoms with E-state index in [1.807, 2.05) is 6.07 Å². The molecule has 1 heterocycles. The fraction of sp³-hybridized carbons (Fsp3) is 0. The van der Waals surface area contributed by atoms with Gasteiger partial charge in [0.1, 0.15) is 10.7 Å². The number of amides is 1. The lowest BCUT2D eigenvalue weighted by molar-refractivity contribution is -0.402. The monoisotopic (exact) mass is 258 g/mol. The molecule has 1 N–H and O–H groups in total. The van der Waals surface area contributed by atoms with Gasteiger partial charge in [-0.25, -0.2) is 0 Å². The zero-order valence-electron chi connectivity index (χ0n) is 9.78. The minimum absolute atomic E-state index is 0.245. The van der Waals surface area contributed by atoms with Crippen LogP contribution in [0.2, 0.25) is 0 Å². The molecule has 0 spiro atoms. The third-order valence-corrected chi connectivity index (χ3v) is 2.23. The first-order valence-electron chi connectivity index (χ1n) is 5.43. The quantitative estimate of drug-likeness (QED) is 0.519. The van der Waals surface area contributed by atoms with Crippen molar-refractivity contribution in [3.63, 3.8) is 0 Å². The lowest BCUT2D eigenvalue weighted by atomic mass is 10.3. The molecule has 19 heavy (non-hydrogen) atoms. The Morgan fingerprint density at radius 2 is 1.95 bits per heavy atom. The Labute approximate surface area is 108 Å². The van der Waals surface area contributed by atoms with E-state index in [2.05, 4.69) is 5.32 Å². The third kappa shape index (κ3) is 3.53. The highest BCUT2D eigenvalue weighted by Gasteiger charge is 2.09. The molecule has 0 saturated carbocycles. The van der Waals surface area contributed by atoms with E-state index in [1.54, 1.807) is 24.3 Å². The molecule has 0 fully saturated rings. The number of furan rings is 1. The van der Waals surface area contributed by atoms with Crippen molar-refractivity contribution in [2.45, 2.75) is 0 Å². The number of hydrogen-bond acceptors (Lipinski definition) is 4. The molecular weight excluding hydrogens is 248 g/mol. The van der Waals surface area contributed by atoms with Gasteiger partial charge >= 0.3 is 5.88 Å². The van der Waals surface area contributed by atoms with Crippen molar-refractivity contribution in [2.24, 2.45) is 0 Å². The SMILES string of the molecule is O=C(/C=C\c1ccc([N+](=O)[O-])o1)Nc1ccccc1. The Bertz CT molecular complexity index is 617. The lowest BCUT2D eigenvalue weighted by Crippen LogP contribution is -2.07. The zero-order chi connectivity index (χ0) is 13.7. The predicted octanol–water partition coefficient (Wildman–Crippen LogP) is 2.84. The number of nitrogens with one attached hydrogen (secondary N) is 1. The largest absolute Gasteiger partial charge is 0.433 e. The highest BCUT2D eigenvalue weighted by atomic mass is 16.6. The maximum Gasteiger partial charge on any atom is 0.433 e. The fourth-order valence-electron chi connectivity index (χ4n) is 1.39. The van der Waals surface area contributed by atoms with Crippen molar-refractivity contribution in [1.82, 2.24) is 0 Å². The molecule has 0 aliphatic heterocycles. The van der Waals surface area contributed by atoms with Gasteiger partial charge in [-0.05, 0) is 24.3 Å². The molecule has 1 aromatic carbocycles. The highest BCUT2D eigenvalue weighted by molar-refractivity contribution is 6.01. The Morgan fingerprint density at radius 3 is 2.58 bits per heavy atom. The molecule has 1 amide bonds. The summed E-state index contributed by atoms with van der Waals surface area (Å²) in [5.41, 5.74) is 0.669. The summed E-state index contributed by atoms with van der Waals surface area (Å²) in [6, 6.07) is 11.6. The Kier molecular flexibility index (Phi) is 3.72. The smallest absolute Gasteiger partial charge is 0.401 e. The predicted molar refractivity (Wildman–Crippen MR) is 69.5 cm³/mol. The number of carbonyl (C=O) groups is 1. The van der Waals surface area contributed by atoms with Gasteiger partial charge in [-0.3, -0.25) is 14.9 Å². The molecule has 0 aliphatic rings. The number of carbonyl (C=O) groups excluding carboxylic acids is 1. The molecular formula is C13H10N2O4. The van der Waals surface area contributed by atoms with E-state index >= 15 is 0 Å². The van der Waals surface area contributed by atoms with Crippen molar-refractivity contribution < 1.29 is 14.1 Å². The van der Waals surface area contributed by atoms with Crippen LogP contribution in [-0.2, 0) is 4.79 Å². The number of nitrogens with zero attached hydrogens (tertiary/aromatic N) is 1. The van der Waals surface area contributed by atoms with E-state index in [9.17, 15) is 14.9 Å². The summed E-state index contributed by atoms with van der Waals surface area (Å²) >= 11 is 0. The number of nitro groups is 1. The van der Waals surface area contributed by atoms with Crippen LogP contribution in [0.3, 0.4) is 0 Å². The second-order valence-electron chi connectivity index (χ2n) is 3.62. The molecule has 2 rings (SSSR count). The minimum Gasteiger partial charge on any atom is -0.401 e. The number of benzene rings is 1. The summed E-state index contributed by atoms with van der Waals surface area (Å²) in [6.07, 6.45) is 2.61. The van der Waals surface area contributed by atoms with E-state index in [4.69, 9.17) is 4.42 Å². The van der Waals surface area contributed by atoms with Crippen LogP contribution in [0.25, 0.3) is 6.08 Å². The van der Waals surface area contributed by atoms with Gasteiger partial charge in [0.05, 0.1) is 6.07 Å². The van der Waals surface area contributed by atoms with Gasteiger partial charge in [-0.2, -0.15) is 0 Å². The van der Waals surface area contributed by atoms with Crippen LogP contribution in [0.1, 0.15) is 5.76 Å². The molecule has 0 saturated heterocycles. The van der Waals surface area contributed by atoms with Gasteiger partial charge in [0, 0.05) is 11.8 Å². The number of rotatable bonds is 4. The third-order valence-electron chi connectivity index (χ3n) is 2.23. The van der Waals surface area contributed by atoms with Gasteiger partial charge in [-0.1, -0.05) is 18.2 Å². The van der Waals surface area contributed by atoms with Crippen molar-refractivity contribution >= 4 is 23.6 Å². The van der Waals surface area contributed by atoms with Crippen LogP contribution in [0.15, 0.2) is 53.0 Å². The minimum atomic E-state index is -0.638. The summed E-state index contributed by atoms with van der Waals surface area (Å²) in [4.78, 5) is 21.3. The second-order valence-corrected chi connectivity index (χ2v) is 3.62. The summed E-state index contributed by atoms with van der Waals surface area (Å²) in [5, 5.41) is 13.0. The van der Waals surface area contributed by atoms with Crippen LogP contribution < -0.4 is 5.32 Å². The standard InChI is InChI=1S/C13H10N2O4/c16-12(14-10-4-2-1-3-5-10)8-6-11-7-9-13(19-11)15(17)18/h1-9H,(H,14,16)/b8-6-. The summed E-state index contributed by atoms with van der Waals surface area (Å²) in [6.45, 7) is 0. The van der Waals surface area contributed by atoms with Crippen molar-refractivity contribution in [2.75, 3.05) is 5.32 Å². The molecule has 0 aliphatic carbocycles. The van der Waals surface area contributed by atoms with Crippen molar-refractivity contribution in [3.8, 4) is 0 Å². The number of hydrogen-bond donors (Lipinski definition) is 1. The average molecular weight is 258 g/mol. The van der Waals surface area contributed by atoms with Crippen LogP contribution >= 0.6 is 0 Å². The first-order chi connectivity index (χ1) is 9.15. The van der Waals surface area contributed by atoms with Gasteiger partial charge in [-0.15, -0.1) is 0 Å². The van der Waals surface area contributed by atoms with Crippen LogP contribution in [0.4, 0.5) is 11.6 Å². The van der Waals surface area contributed by atoms with E-state index in [0.717, 1.165) is 0 Å². The number of anilines is 1. The Hall–Kier alpha value is -2.89. The van der Waals surface area contributed by atoms with E-state index in [1.165, 1.54) is 24.3 Å².